The maximum atomic E-state index is 12.7. The van der Waals surface area contributed by atoms with Gasteiger partial charge in [-0.1, -0.05) is 48.2 Å². The van der Waals surface area contributed by atoms with Gasteiger partial charge < -0.3 is 14.6 Å². The molecule has 0 unspecified atom stereocenters. The second kappa shape index (κ2) is 11.9. The Morgan fingerprint density at radius 1 is 1.24 bits per heavy atom. The molecular weight excluding hydrogens is 610 g/mol. The van der Waals surface area contributed by atoms with Crippen molar-refractivity contribution in [1.82, 2.24) is 0 Å². The molecule has 0 saturated heterocycles. The average Bonchev–Trinajstić information content (AvgIpc) is 3.08. The van der Waals surface area contributed by atoms with Crippen LogP contribution in [0.1, 0.15) is 22.8 Å². The van der Waals surface area contributed by atoms with Crippen LogP contribution < -0.4 is 4.74 Å². The van der Waals surface area contributed by atoms with Crippen molar-refractivity contribution in [2.75, 3.05) is 13.2 Å². The van der Waals surface area contributed by atoms with Crippen molar-refractivity contribution in [1.29, 1.82) is 0 Å². The van der Waals surface area contributed by atoms with Gasteiger partial charge in [0.2, 0.25) is 0 Å². The van der Waals surface area contributed by atoms with E-state index in [0.29, 0.717) is 31.8 Å². The van der Waals surface area contributed by atoms with E-state index < -0.39 is 11.9 Å². The predicted molar refractivity (Wildman–Crippen MR) is 143 cm³/mol. The zero-order valence-electron chi connectivity index (χ0n) is 17.8. The smallest absolute Gasteiger partial charge is 0.344 e. The molecule has 1 heterocycles. The third kappa shape index (κ3) is 6.02. The summed E-state index contributed by atoms with van der Waals surface area (Å²) in [4.78, 5) is 29.7. The molecule has 0 spiro atoms. The summed E-state index contributed by atoms with van der Waals surface area (Å²) in [6.45, 7) is 5.71. The van der Waals surface area contributed by atoms with Crippen LogP contribution >= 0.6 is 55.2 Å². The number of aliphatic imine (C=N–C) groups is 1. The molecule has 1 aliphatic heterocycles. The maximum Gasteiger partial charge on any atom is 0.344 e. The number of thioether (sulfide) groups is 1. The number of aliphatic hydroxyl groups is 1. The number of aliphatic hydroxyl groups excluding tert-OH is 1. The van der Waals surface area contributed by atoms with E-state index in [0.717, 1.165) is 11.8 Å². The predicted octanol–water partition coefficient (Wildman–Crippen LogP) is 7.13. The highest BCUT2D eigenvalue weighted by Crippen LogP contribution is 2.41. The molecule has 0 radical (unpaired) electrons. The van der Waals surface area contributed by atoms with Crippen LogP contribution in [0.5, 0.6) is 5.75 Å². The van der Waals surface area contributed by atoms with Crippen LogP contribution in [-0.4, -0.2) is 35.2 Å². The van der Waals surface area contributed by atoms with Crippen LogP contribution in [0.3, 0.4) is 0 Å². The zero-order chi connectivity index (χ0) is 24.8. The van der Waals surface area contributed by atoms with Crippen LogP contribution in [-0.2, 0) is 9.53 Å². The highest BCUT2D eigenvalue weighted by Gasteiger charge is 2.34. The van der Waals surface area contributed by atoms with Gasteiger partial charge in [0.05, 0.1) is 31.0 Å². The van der Waals surface area contributed by atoms with E-state index in [2.05, 4.69) is 43.4 Å². The summed E-state index contributed by atoms with van der Waals surface area (Å²) in [5.41, 5.74) is 0.698. The Balaban J connectivity index is 2.02. The molecular formula is C24H18Br2ClNO5S. The number of amides is 1. The second-order valence-electron chi connectivity index (χ2n) is 6.67. The van der Waals surface area contributed by atoms with Crippen molar-refractivity contribution in [3.63, 3.8) is 0 Å². The van der Waals surface area contributed by atoms with Gasteiger partial charge in [-0.15, -0.1) is 0 Å². The maximum absolute atomic E-state index is 12.7. The van der Waals surface area contributed by atoms with Gasteiger partial charge in [-0.2, -0.15) is 0 Å². The summed E-state index contributed by atoms with van der Waals surface area (Å²) in [7, 11) is 0. The standard InChI is InChI=1S/C24H18Br2ClNO5S/c1-3-9-33-21-15(25)10-13(11-16(21)26)12-18-20(29)19(24(31)32-4-2)23(34-18)28-22(30)14-7-5-6-8-17(14)27/h3,5-8,10-12,29H,1,4,9H2,2H3/b18-12-,28-23?. The molecule has 1 N–H and O–H groups in total. The second-order valence-corrected chi connectivity index (χ2v) is 9.82. The van der Waals surface area contributed by atoms with Crippen LogP contribution in [0.15, 0.2) is 79.2 Å². The Hall–Kier alpha value is -2.33. The topological polar surface area (TPSA) is 85.2 Å². The number of halogens is 3. The zero-order valence-corrected chi connectivity index (χ0v) is 22.6. The number of ether oxygens (including phenoxy) is 2. The quantitative estimate of drug-likeness (QED) is 0.260. The van der Waals surface area contributed by atoms with Crippen molar-refractivity contribution in [2.45, 2.75) is 6.92 Å². The van der Waals surface area contributed by atoms with Gasteiger partial charge in [0, 0.05) is 0 Å². The van der Waals surface area contributed by atoms with E-state index in [1.807, 2.05) is 0 Å². The number of carbonyl (C=O) groups excluding carboxylic acids is 2. The molecule has 2 aromatic rings. The fraction of sp³-hybridized carbons (Fsp3) is 0.125. The molecule has 0 aliphatic carbocycles. The van der Waals surface area contributed by atoms with Crippen molar-refractivity contribution in [3.05, 3.63) is 90.4 Å². The first kappa shape index (κ1) is 26.3. The van der Waals surface area contributed by atoms with Crippen molar-refractivity contribution >= 4 is 78.2 Å². The van der Waals surface area contributed by atoms with Crippen molar-refractivity contribution in [3.8, 4) is 5.75 Å². The number of hydrogen-bond acceptors (Lipinski definition) is 6. The fourth-order valence-corrected chi connectivity index (χ4v) is 5.55. The van der Waals surface area contributed by atoms with Crippen LogP contribution in [0.25, 0.3) is 6.08 Å². The van der Waals surface area contributed by atoms with Crippen molar-refractivity contribution < 1.29 is 24.2 Å². The summed E-state index contributed by atoms with van der Waals surface area (Å²) in [6, 6.07) is 10.0. The third-order valence-corrected chi connectivity index (χ3v) is 6.87. The normalized spacial score (nSPS) is 15.6. The van der Waals surface area contributed by atoms with Crippen LogP contribution in [0.2, 0.25) is 5.02 Å². The molecule has 176 valence electrons. The van der Waals surface area contributed by atoms with Crippen LogP contribution in [0, 0.1) is 0 Å². The van der Waals surface area contributed by atoms with Gasteiger partial charge in [-0.3, -0.25) is 4.79 Å². The highest BCUT2D eigenvalue weighted by molar-refractivity contribution is 9.11. The molecule has 0 aromatic heterocycles. The van der Waals surface area contributed by atoms with Crippen LogP contribution in [0.4, 0.5) is 0 Å². The lowest BCUT2D eigenvalue weighted by molar-refractivity contribution is -0.138. The summed E-state index contributed by atoms with van der Waals surface area (Å²) in [5, 5.41) is 11.1. The number of hydrogen-bond donors (Lipinski definition) is 1. The SMILES string of the molecule is C=CCOc1c(Br)cc(/C=C2\SC(=NC(=O)c3ccccc3Cl)C(C(=O)OCC)=C2O)cc1Br. The summed E-state index contributed by atoms with van der Waals surface area (Å²) < 4.78 is 12.1. The first-order valence-electron chi connectivity index (χ1n) is 9.87. The molecule has 0 atom stereocenters. The molecule has 2 aromatic carbocycles. The Morgan fingerprint density at radius 3 is 2.53 bits per heavy atom. The van der Waals surface area contributed by atoms with E-state index in [1.54, 1.807) is 49.4 Å². The lowest BCUT2D eigenvalue weighted by Gasteiger charge is -2.10. The number of rotatable bonds is 7. The van der Waals surface area contributed by atoms with E-state index in [9.17, 15) is 14.7 Å². The minimum absolute atomic E-state index is 0.0242. The molecule has 3 rings (SSSR count). The lowest BCUT2D eigenvalue weighted by Crippen LogP contribution is -2.14. The molecule has 0 fully saturated rings. The first-order valence-corrected chi connectivity index (χ1v) is 12.7. The molecule has 0 saturated carbocycles. The van der Waals surface area contributed by atoms with E-state index in [4.69, 9.17) is 21.1 Å². The molecule has 34 heavy (non-hydrogen) atoms. The minimum Gasteiger partial charge on any atom is -0.506 e. The summed E-state index contributed by atoms with van der Waals surface area (Å²) >= 11 is 14.0. The van der Waals surface area contributed by atoms with Gasteiger partial charge in [-0.25, -0.2) is 9.79 Å². The Morgan fingerprint density at radius 2 is 1.91 bits per heavy atom. The van der Waals surface area contributed by atoms with E-state index in [1.165, 1.54) is 6.07 Å². The third-order valence-electron chi connectivity index (χ3n) is 4.34. The molecule has 1 amide bonds. The summed E-state index contributed by atoms with van der Waals surface area (Å²) in [5.74, 6) is -1.15. The molecule has 6 nitrogen and oxygen atoms in total. The number of carbonyl (C=O) groups is 2. The number of esters is 1. The van der Waals surface area contributed by atoms with Crippen molar-refractivity contribution in [2.24, 2.45) is 4.99 Å². The Labute approximate surface area is 222 Å². The first-order chi connectivity index (χ1) is 16.3. The average molecular weight is 628 g/mol. The monoisotopic (exact) mass is 625 g/mol. The summed E-state index contributed by atoms with van der Waals surface area (Å²) in [6.07, 6.45) is 3.29. The highest BCUT2D eigenvalue weighted by atomic mass is 79.9. The minimum atomic E-state index is -0.780. The Kier molecular flexibility index (Phi) is 9.18. The lowest BCUT2D eigenvalue weighted by atomic mass is 10.1. The molecule has 10 heteroatoms. The van der Waals surface area contributed by atoms with E-state index >= 15 is 0 Å². The van der Waals surface area contributed by atoms with Gasteiger partial charge >= 0.3 is 5.97 Å². The van der Waals surface area contributed by atoms with Gasteiger partial charge in [0.1, 0.15) is 28.7 Å². The number of nitrogens with zero attached hydrogens (tertiary/aromatic N) is 1. The molecule has 0 bridgehead atoms. The van der Waals surface area contributed by atoms with Gasteiger partial charge in [-0.05, 0) is 74.7 Å². The largest absolute Gasteiger partial charge is 0.506 e. The van der Waals surface area contributed by atoms with Gasteiger partial charge in [0.25, 0.3) is 5.91 Å². The fourth-order valence-electron chi connectivity index (χ4n) is 2.87. The number of benzene rings is 2. The van der Waals surface area contributed by atoms with E-state index in [-0.39, 0.29) is 33.6 Å². The van der Waals surface area contributed by atoms with Gasteiger partial charge in [0.15, 0.2) is 0 Å². The molecule has 1 aliphatic rings. The Bertz CT molecular complexity index is 1230.